The summed E-state index contributed by atoms with van der Waals surface area (Å²) in [6.45, 7) is 0.0761. The van der Waals surface area contributed by atoms with Gasteiger partial charge in [-0.15, -0.1) is 0 Å². The summed E-state index contributed by atoms with van der Waals surface area (Å²) >= 11 is 0. The fourth-order valence-corrected chi connectivity index (χ4v) is 3.32. The number of carbonyl (C=O) groups is 2. The molecule has 0 aliphatic carbocycles. The van der Waals surface area contributed by atoms with Crippen molar-refractivity contribution in [1.29, 1.82) is 0 Å². The van der Waals surface area contributed by atoms with Gasteiger partial charge in [0.2, 0.25) is 15.9 Å². The number of carbonyl (C=O) groups excluding carboxylic acids is 2. The van der Waals surface area contributed by atoms with Crippen molar-refractivity contribution < 1.29 is 18.0 Å². The Bertz CT molecular complexity index is 707. The molecule has 1 aromatic carbocycles. The standard InChI is InChI=1S/C13H15N3O4S/c1-15-13(18)9-2-4-11(5-3-9)21(19,20)16-7-6-10(8-16)12(14)17/h2-6H,7-8H2,1H3,(H2,14,17)(H,15,18). The number of primary amides is 1. The van der Waals surface area contributed by atoms with E-state index in [9.17, 15) is 18.0 Å². The highest BCUT2D eigenvalue weighted by atomic mass is 32.2. The first-order valence-corrected chi connectivity index (χ1v) is 7.61. The van der Waals surface area contributed by atoms with Crippen molar-refractivity contribution in [2.24, 2.45) is 5.73 Å². The second-order valence-electron chi connectivity index (χ2n) is 4.49. The van der Waals surface area contributed by atoms with Crippen molar-refractivity contribution in [3.8, 4) is 0 Å². The lowest BCUT2D eigenvalue weighted by atomic mass is 10.2. The van der Waals surface area contributed by atoms with Gasteiger partial charge in [-0.1, -0.05) is 6.08 Å². The molecule has 0 saturated carbocycles. The summed E-state index contributed by atoms with van der Waals surface area (Å²) in [4.78, 5) is 22.5. The zero-order valence-electron chi connectivity index (χ0n) is 11.4. The van der Waals surface area contributed by atoms with Crippen LogP contribution in [0.1, 0.15) is 10.4 Å². The molecule has 0 unspecified atom stereocenters. The van der Waals surface area contributed by atoms with Crippen LogP contribution in [0.5, 0.6) is 0 Å². The molecular weight excluding hydrogens is 294 g/mol. The second-order valence-corrected chi connectivity index (χ2v) is 6.43. The van der Waals surface area contributed by atoms with Crippen molar-refractivity contribution >= 4 is 21.8 Å². The van der Waals surface area contributed by atoms with Crippen LogP contribution in [-0.2, 0) is 14.8 Å². The molecule has 0 spiro atoms. The summed E-state index contributed by atoms with van der Waals surface area (Å²) in [7, 11) is -2.22. The number of nitrogens with one attached hydrogen (secondary N) is 1. The fourth-order valence-electron chi connectivity index (χ4n) is 1.96. The summed E-state index contributed by atoms with van der Waals surface area (Å²) < 4.78 is 25.9. The molecule has 0 atom stereocenters. The normalized spacial score (nSPS) is 15.6. The number of sulfonamides is 1. The SMILES string of the molecule is CNC(=O)c1ccc(S(=O)(=O)N2CC=C(C(N)=O)C2)cc1. The maximum Gasteiger partial charge on any atom is 0.251 e. The molecule has 2 amide bonds. The van der Waals surface area contributed by atoms with E-state index in [1.165, 1.54) is 37.4 Å². The molecule has 1 aliphatic heterocycles. The molecule has 7 nitrogen and oxygen atoms in total. The van der Waals surface area contributed by atoms with Gasteiger partial charge in [0.1, 0.15) is 0 Å². The van der Waals surface area contributed by atoms with Crippen LogP contribution >= 0.6 is 0 Å². The van der Waals surface area contributed by atoms with Gasteiger partial charge in [0.15, 0.2) is 0 Å². The number of rotatable bonds is 4. The lowest BCUT2D eigenvalue weighted by molar-refractivity contribution is -0.114. The van der Waals surface area contributed by atoms with Crippen LogP contribution in [0.3, 0.4) is 0 Å². The van der Waals surface area contributed by atoms with Gasteiger partial charge >= 0.3 is 0 Å². The maximum atomic E-state index is 12.4. The number of amides is 2. The quantitative estimate of drug-likeness (QED) is 0.778. The van der Waals surface area contributed by atoms with Gasteiger partial charge in [0, 0.05) is 31.3 Å². The minimum Gasteiger partial charge on any atom is -0.366 e. The summed E-state index contributed by atoms with van der Waals surface area (Å²) in [5.74, 6) is -0.916. The van der Waals surface area contributed by atoms with Crippen LogP contribution in [-0.4, -0.2) is 44.7 Å². The molecule has 112 valence electrons. The van der Waals surface area contributed by atoms with Crippen molar-refractivity contribution in [3.05, 3.63) is 41.5 Å². The lowest BCUT2D eigenvalue weighted by Crippen LogP contribution is -2.31. The van der Waals surface area contributed by atoms with Crippen LogP contribution in [0.15, 0.2) is 40.8 Å². The van der Waals surface area contributed by atoms with Gasteiger partial charge in [-0.2, -0.15) is 4.31 Å². The Labute approximate surface area is 122 Å². The molecule has 0 saturated heterocycles. The van der Waals surface area contributed by atoms with Crippen LogP contribution < -0.4 is 11.1 Å². The second kappa shape index (κ2) is 5.66. The Hall–Kier alpha value is -2.19. The van der Waals surface area contributed by atoms with E-state index in [1.807, 2.05) is 0 Å². The molecule has 0 fully saturated rings. The van der Waals surface area contributed by atoms with Crippen LogP contribution in [0, 0.1) is 0 Å². The van der Waals surface area contributed by atoms with Crippen molar-refractivity contribution in [2.45, 2.75) is 4.90 Å². The molecule has 1 aromatic rings. The highest BCUT2D eigenvalue weighted by Gasteiger charge is 2.29. The van der Waals surface area contributed by atoms with Gasteiger partial charge in [-0.05, 0) is 24.3 Å². The van der Waals surface area contributed by atoms with Crippen LogP contribution in [0.4, 0.5) is 0 Å². The van der Waals surface area contributed by atoms with Gasteiger partial charge in [0.05, 0.1) is 4.90 Å². The van der Waals surface area contributed by atoms with Crippen molar-refractivity contribution in [1.82, 2.24) is 9.62 Å². The third-order valence-corrected chi connectivity index (χ3v) is 5.01. The van der Waals surface area contributed by atoms with Gasteiger partial charge in [-0.25, -0.2) is 8.42 Å². The minimum atomic E-state index is -3.71. The summed E-state index contributed by atoms with van der Waals surface area (Å²) in [6, 6.07) is 5.60. The van der Waals surface area contributed by atoms with E-state index in [0.29, 0.717) is 5.56 Å². The highest BCUT2D eigenvalue weighted by molar-refractivity contribution is 7.89. The largest absolute Gasteiger partial charge is 0.366 e. The van der Waals surface area contributed by atoms with Crippen LogP contribution in [0.25, 0.3) is 0 Å². The van der Waals surface area contributed by atoms with E-state index >= 15 is 0 Å². The van der Waals surface area contributed by atoms with E-state index in [1.54, 1.807) is 0 Å². The number of nitrogens with two attached hydrogens (primary N) is 1. The Balaban J connectivity index is 2.21. The Morgan fingerprint density at radius 1 is 1.24 bits per heavy atom. The fraction of sp³-hybridized carbons (Fsp3) is 0.231. The molecule has 21 heavy (non-hydrogen) atoms. The zero-order chi connectivity index (χ0) is 15.6. The van der Waals surface area contributed by atoms with Crippen LogP contribution in [0.2, 0.25) is 0 Å². The van der Waals surface area contributed by atoms with Gasteiger partial charge < -0.3 is 11.1 Å². The number of hydrogen-bond acceptors (Lipinski definition) is 4. The average molecular weight is 309 g/mol. The Morgan fingerprint density at radius 2 is 1.86 bits per heavy atom. The summed E-state index contributed by atoms with van der Waals surface area (Å²) in [5, 5.41) is 2.45. The van der Waals surface area contributed by atoms with E-state index in [4.69, 9.17) is 5.73 Å². The van der Waals surface area contributed by atoms with E-state index in [0.717, 1.165) is 4.31 Å². The first-order chi connectivity index (χ1) is 9.86. The topological polar surface area (TPSA) is 110 Å². The monoisotopic (exact) mass is 309 g/mol. The summed E-state index contributed by atoms with van der Waals surface area (Å²) in [5.41, 5.74) is 5.78. The predicted molar refractivity (Wildman–Crippen MR) is 75.9 cm³/mol. The van der Waals surface area contributed by atoms with Gasteiger partial charge in [-0.3, -0.25) is 9.59 Å². The molecule has 1 aliphatic rings. The zero-order valence-corrected chi connectivity index (χ0v) is 12.2. The van der Waals surface area contributed by atoms with Gasteiger partial charge in [0.25, 0.3) is 5.91 Å². The highest BCUT2D eigenvalue weighted by Crippen LogP contribution is 2.21. The number of hydrogen-bond donors (Lipinski definition) is 2. The average Bonchev–Trinajstić information content (AvgIpc) is 2.97. The number of nitrogens with zero attached hydrogens (tertiary/aromatic N) is 1. The van der Waals surface area contributed by atoms with E-state index < -0.39 is 15.9 Å². The van der Waals surface area contributed by atoms with E-state index in [2.05, 4.69) is 5.32 Å². The first kappa shape index (κ1) is 15.2. The lowest BCUT2D eigenvalue weighted by Gasteiger charge is -2.16. The third kappa shape index (κ3) is 2.96. The molecule has 8 heteroatoms. The molecule has 1 heterocycles. The molecule has 0 bridgehead atoms. The number of benzene rings is 1. The molecule has 3 N–H and O–H groups in total. The molecule has 2 rings (SSSR count). The first-order valence-electron chi connectivity index (χ1n) is 6.17. The van der Waals surface area contributed by atoms with E-state index in [-0.39, 0.29) is 29.5 Å². The van der Waals surface area contributed by atoms with Crippen molar-refractivity contribution in [3.63, 3.8) is 0 Å². The minimum absolute atomic E-state index is 0.0329. The summed E-state index contributed by atoms with van der Waals surface area (Å²) in [6.07, 6.45) is 1.50. The molecular formula is C13H15N3O4S. The van der Waals surface area contributed by atoms with Crippen molar-refractivity contribution in [2.75, 3.05) is 20.1 Å². The maximum absolute atomic E-state index is 12.4. The molecule has 0 radical (unpaired) electrons. The third-order valence-electron chi connectivity index (χ3n) is 3.19. The Morgan fingerprint density at radius 3 is 2.33 bits per heavy atom. The predicted octanol–water partition coefficient (Wildman–Crippen LogP) is -0.538. The smallest absolute Gasteiger partial charge is 0.251 e. The Kier molecular flexibility index (Phi) is 4.10. The molecule has 0 aromatic heterocycles.